The van der Waals surface area contributed by atoms with E-state index in [0.717, 1.165) is 22.5 Å². The van der Waals surface area contributed by atoms with Crippen molar-refractivity contribution in [1.29, 1.82) is 0 Å². The Balaban J connectivity index is 2.31. The quantitative estimate of drug-likeness (QED) is 0.517. The van der Waals surface area contributed by atoms with Crippen molar-refractivity contribution < 1.29 is 0 Å². The molecule has 1 aliphatic rings. The first kappa shape index (κ1) is 14.0. The first-order chi connectivity index (χ1) is 6.69. The first-order valence-corrected chi connectivity index (χ1v) is 9.16. The average molecular weight is 456 g/mol. The molecular formula is C10H16Br4. The van der Waals surface area contributed by atoms with Gasteiger partial charge in [0.2, 0.25) is 0 Å². The lowest BCUT2D eigenvalue weighted by molar-refractivity contribution is 0.279. The van der Waals surface area contributed by atoms with Crippen LogP contribution < -0.4 is 0 Å². The second-order valence-corrected chi connectivity index (χ2v) is 7.66. The van der Waals surface area contributed by atoms with Gasteiger partial charge in [-0.25, -0.2) is 0 Å². The van der Waals surface area contributed by atoms with E-state index in [-0.39, 0.29) is 0 Å². The summed E-state index contributed by atoms with van der Waals surface area (Å²) in [6.07, 6.45) is 5.51. The Morgan fingerprint density at radius 3 is 1.29 bits per heavy atom. The van der Waals surface area contributed by atoms with E-state index in [9.17, 15) is 0 Å². The molecule has 0 heterocycles. The molecule has 4 heteroatoms. The number of alkyl halides is 4. The summed E-state index contributed by atoms with van der Waals surface area (Å²) in [5.41, 5.74) is 0. The molecule has 2 atom stereocenters. The summed E-state index contributed by atoms with van der Waals surface area (Å²) in [5.74, 6) is 1.75. The van der Waals surface area contributed by atoms with E-state index in [1.807, 2.05) is 0 Å². The molecule has 0 bridgehead atoms. The van der Waals surface area contributed by atoms with Crippen LogP contribution in [0.2, 0.25) is 0 Å². The molecule has 0 aromatic heterocycles. The minimum Gasteiger partial charge on any atom is -0.0916 e. The summed E-state index contributed by atoms with van der Waals surface area (Å²) < 4.78 is 0. The van der Waals surface area contributed by atoms with Gasteiger partial charge in [-0.15, -0.1) is 0 Å². The molecule has 1 rings (SSSR count). The largest absolute Gasteiger partial charge is 0.0916 e. The highest BCUT2D eigenvalue weighted by Crippen LogP contribution is 2.37. The van der Waals surface area contributed by atoms with E-state index in [4.69, 9.17) is 0 Å². The van der Waals surface area contributed by atoms with Gasteiger partial charge >= 0.3 is 0 Å². The predicted octanol–water partition coefficient (Wildman–Crippen LogP) is 5.11. The molecule has 0 spiro atoms. The minimum absolute atomic E-state index is 0.668. The lowest BCUT2D eigenvalue weighted by Crippen LogP contribution is -2.27. The van der Waals surface area contributed by atoms with Crippen molar-refractivity contribution in [3.05, 3.63) is 0 Å². The van der Waals surface area contributed by atoms with Gasteiger partial charge < -0.3 is 0 Å². The molecule has 0 radical (unpaired) electrons. The van der Waals surface area contributed by atoms with Gasteiger partial charge in [0, 0.05) is 20.3 Å². The standard InChI is InChI=1S/C10H16Br4/c11-5-9(13)7-1-2-8(4-3-7)10(14)6-12/h7-10H,1-6H2. The maximum absolute atomic E-state index is 3.74. The fraction of sp³-hybridized carbons (Fsp3) is 1.00. The minimum atomic E-state index is 0.668. The normalized spacial score (nSPS) is 32.6. The van der Waals surface area contributed by atoms with Crippen LogP contribution in [-0.4, -0.2) is 20.3 Å². The van der Waals surface area contributed by atoms with E-state index in [0.29, 0.717) is 9.65 Å². The Hall–Kier alpha value is 1.92. The summed E-state index contributed by atoms with van der Waals surface area (Å²) in [5, 5.41) is 2.16. The van der Waals surface area contributed by atoms with Crippen molar-refractivity contribution >= 4 is 63.7 Å². The average Bonchev–Trinajstić information content (AvgIpc) is 2.27. The van der Waals surface area contributed by atoms with E-state index in [2.05, 4.69) is 63.7 Å². The van der Waals surface area contributed by atoms with E-state index < -0.39 is 0 Å². The fourth-order valence-electron chi connectivity index (χ4n) is 2.12. The molecule has 0 saturated heterocycles. The Labute approximate surface area is 120 Å². The summed E-state index contributed by atoms with van der Waals surface area (Å²) in [4.78, 5) is 1.34. The maximum Gasteiger partial charge on any atom is 0.0271 e. The van der Waals surface area contributed by atoms with Crippen LogP contribution in [0, 0.1) is 11.8 Å². The van der Waals surface area contributed by atoms with Crippen molar-refractivity contribution in [1.82, 2.24) is 0 Å². The Morgan fingerprint density at radius 2 is 1.07 bits per heavy atom. The monoisotopic (exact) mass is 452 g/mol. The van der Waals surface area contributed by atoms with Crippen LogP contribution in [0.5, 0.6) is 0 Å². The van der Waals surface area contributed by atoms with Gasteiger partial charge in [-0.2, -0.15) is 0 Å². The highest BCUT2D eigenvalue weighted by atomic mass is 79.9. The zero-order valence-electron chi connectivity index (χ0n) is 8.06. The summed E-state index contributed by atoms with van der Waals surface area (Å²) in [7, 11) is 0. The second-order valence-electron chi connectivity index (χ2n) is 4.02. The van der Waals surface area contributed by atoms with Gasteiger partial charge in [-0.05, 0) is 37.5 Å². The second kappa shape index (κ2) is 7.29. The van der Waals surface area contributed by atoms with E-state index in [1.54, 1.807) is 0 Å². The molecule has 0 amide bonds. The summed E-state index contributed by atoms with van der Waals surface area (Å²) in [6, 6.07) is 0. The summed E-state index contributed by atoms with van der Waals surface area (Å²) in [6.45, 7) is 0. The lowest BCUT2D eigenvalue weighted by Gasteiger charge is -2.32. The lowest BCUT2D eigenvalue weighted by atomic mass is 9.80. The third kappa shape index (κ3) is 4.06. The summed E-state index contributed by atoms with van der Waals surface area (Å²) >= 11 is 14.6. The zero-order valence-corrected chi connectivity index (χ0v) is 14.4. The maximum atomic E-state index is 3.74. The number of rotatable bonds is 4. The molecule has 14 heavy (non-hydrogen) atoms. The molecule has 1 aliphatic carbocycles. The number of hydrogen-bond acceptors (Lipinski definition) is 0. The third-order valence-corrected chi connectivity index (χ3v) is 8.41. The van der Waals surface area contributed by atoms with E-state index >= 15 is 0 Å². The van der Waals surface area contributed by atoms with Crippen LogP contribution in [0.3, 0.4) is 0 Å². The first-order valence-electron chi connectivity index (χ1n) is 5.09. The molecule has 0 nitrogen and oxygen atoms in total. The molecule has 1 saturated carbocycles. The Bertz CT molecular complexity index is 136. The predicted molar refractivity (Wildman–Crippen MR) is 78.5 cm³/mol. The van der Waals surface area contributed by atoms with Crippen LogP contribution in [0.15, 0.2) is 0 Å². The van der Waals surface area contributed by atoms with Crippen molar-refractivity contribution in [3.8, 4) is 0 Å². The van der Waals surface area contributed by atoms with Crippen LogP contribution in [-0.2, 0) is 0 Å². The molecular weight excluding hydrogens is 440 g/mol. The number of hydrogen-bond donors (Lipinski definition) is 0. The Morgan fingerprint density at radius 1 is 0.786 bits per heavy atom. The highest BCUT2D eigenvalue weighted by molar-refractivity contribution is 9.12. The molecule has 0 N–H and O–H groups in total. The zero-order chi connectivity index (χ0) is 10.6. The molecule has 0 aromatic carbocycles. The van der Waals surface area contributed by atoms with Crippen LogP contribution in [0.4, 0.5) is 0 Å². The fourth-order valence-corrected chi connectivity index (χ4v) is 4.23. The van der Waals surface area contributed by atoms with Gasteiger partial charge in [-0.3, -0.25) is 0 Å². The molecule has 1 fully saturated rings. The SMILES string of the molecule is BrCC(Br)C1CCC(C(Br)CBr)CC1. The van der Waals surface area contributed by atoms with Crippen LogP contribution in [0.25, 0.3) is 0 Å². The van der Waals surface area contributed by atoms with Crippen LogP contribution in [0.1, 0.15) is 25.7 Å². The smallest absolute Gasteiger partial charge is 0.0271 e. The van der Waals surface area contributed by atoms with Crippen molar-refractivity contribution in [2.45, 2.75) is 35.3 Å². The van der Waals surface area contributed by atoms with Gasteiger partial charge in [0.25, 0.3) is 0 Å². The van der Waals surface area contributed by atoms with E-state index in [1.165, 1.54) is 25.7 Å². The number of halogens is 4. The molecule has 0 aliphatic heterocycles. The van der Waals surface area contributed by atoms with Crippen molar-refractivity contribution in [3.63, 3.8) is 0 Å². The topological polar surface area (TPSA) is 0 Å². The highest BCUT2D eigenvalue weighted by Gasteiger charge is 2.28. The third-order valence-electron chi connectivity index (χ3n) is 3.13. The molecule has 0 aromatic rings. The van der Waals surface area contributed by atoms with Gasteiger partial charge in [0.1, 0.15) is 0 Å². The Kier molecular flexibility index (Phi) is 7.28. The molecule has 84 valence electrons. The van der Waals surface area contributed by atoms with Gasteiger partial charge in [0.15, 0.2) is 0 Å². The van der Waals surface area contributed by atoms with Gasteiger partial charge in [0.05, 0.1) is 0 Å². The van der Waals surface area contributed by atoms with Gasteiger partial charge in [-0.1, -0.05) is 63.7 Å². The van der Waals surface area contributed by atoms with Crippen LogP contribution >= 0.6 is 63.7 Å². The molecule has 2 unspecified atom stereocenters. The van der Waals surface area contributed by atoms with Crippen molar-refractivity contribution in [2.24, 2.45) is 11.8 Å². The van der Waals surface area contributed by atoms with Crippen molar-refractivity contribution in [2.75, 3.05) is 10.7 Å².